The molecule has 0 spiro atoms. The maximum Gasteiger partial charge on any atom is 0.181 e. The van der Waals surface area contributed by atoms with E-state index in [2.05, 4.69) is 110 Å². The topological polar surface area (TPSA) is 28.0 Å². The van der Waals surface area contributed by atoms with Crippen molar-refractivity contribution < 1.29 is 0 Å². The molecule has 0 saturated heterocycles. The molecule has 4 aromatic rings. The smallest absolute Gasteiger partial charge is 0.181 e. The highest BCUT2D eigenvalue weighted by Gasteiger charge is 2.35. The van der Waals surface area contributed by atoms with E-state index >= 15 is 0 Å². The molecule has 2 heterocycles. The molecule has 0 bridgehead atoms. The SMILES string of the molecule is Cc1ccc(C2=NN(C3=NC(c4ccccc4)CS3)C(c3cccc4ccccc34)C2)cc1C. The molecule has 0 aliphatic carbocycles. The summed E-state index contributed by atoms with van der Waals surface area (Å²) in [5.74, 6) is 0.951. The monoisotopic (exact) mass is 461 g/mol. The van der Waals surface area contributed by atoms with Gasteiger partial charge in [0.25, 0.3) is 0 Å². The fourth-order valence-electron chi connectivity index (χ4n) is 4.90. The van der Waals surface area contributed by atoms with E-state index in [-0.39, 0.29) is 12.1 Å². The van der Waals surface area contributed by atoms with Crippen LogP contribution in [0.3, 0.4) is 0 Å². The number of fused-ring (bicyclic) bond motifs is 1. The molecule has 3 nitrogen and oxygen atoms in total. The molecular weight excluding hydrogens is 434 g/mol. The van der Waals surface area contributed by atoms with Crippen molar-refractivity contribution in [3.63, 3.8) is 0 Å². The van der Waals surface area contributed by atoms with Crippen LogP contribution in [0, 0.1) is 13.8 Å². The van der Waals surface area contributed by atoms with Crippen molar-refractivity contribution >= 4 is 33.4 Å². The Labute approximate surface area is 205 Å². The van der Waals surface area contributed by atoms with Gasteiger partial charge < -0.3 is 0 Å². The van der Waals surface area contributed by atoms with Crippen molar-refractivity contribution in [2.24, 2.45) is 10.1 Å². The van der Waals surface area contributed by atoms with Gasteiger partial charge in [0.1, 0.15) is 0 Å². The minimum Gasteiger partial charge on any atom is -0.252 e. The average molecular weight is 462 g/mol. The first-order valence-electron chi connectivity index (χ1n) is 11.8. The lowest BCUT2D eigenvalue weighted by Gasteiger charge is -2.24. The van der Waals surface area contributed by atoms with E-state index in [0.717, 1.165) is 23.1 Å². The van der Waals surface area contributed by atoms with Crippen molar-refractivity contribution in [2.75, 3.05) is 5.75 Å². The molecule has 0 fully saturated rings. The van der Waals surface area contributed by atoms with Crippen LogP contribution in [0.4, 0.5) is 0 Å². The minimum atomic E-state index is 0.128. The Kier molecular flexibility index (Phi) is 5.46. The number of aryl methyl sites for hydroxylation is 2. The van der Waals surface area contributed by atoms with Gasteiger partial charge in [0.2, 0.25) is 0 Å². The predicted molar refractivity (Wildman–Crippen MR) is 145 cm³/mol. The van der Waals surface area contributed by atoms with E-state index in [0.29, 0.717) is 0 Å². The van der Waals surface area contributed by atoms with Crippen LogP contribution in [0.1, 0.15) is 46.3 Å². The number of hydrogen-bond donors (Lipinski definition) is 0. The van der Waals surface area contributed by atoms with Crippen LogP contribution in [0.25, 0.3) is 10.8 Å². The van der Waals surface area contributed by atoms with Crippen LogP contribution in [0.2, 0.25) is 0 Å². The second-order valence-corrected chi connectivity index (χ2v) is 10.1. The molecule has 2 aliphatic heterocycles. The molecule has 0 radical (unpaired) electrons. The molecule has 0 N–H and O–H groups in total. The summed E-state index contributed by atoms with van der Waals surface area (Å²) in [7, 11) is 0. The fourth-order valence-corrected chi connectivity index (χ4v) is 5.97. The number of amidine groups is 1. The van der Waals surface area contributed by atoms with Gasteiger partial charge >= 0.3 is 0 Å². The molecule has 34 heavy (non-hydrogen) atoms. The molecule has 2 unspecified atom stereocenters. The molecule has 2 aliphatic rings. The minimum absolute atomic E-state index is 0.128. The van der Waals surface area contributed by atoms with Crippen LogP contribution in [-0.4, -0.2) is 21.6 Å². The maximum absolute atomic E-state index is 5.20. The quantitative estimate of drug-likeness (QED) is 0.317. The summed E-state index contributed by atoms with van der Waals surface area (Å²) < 4.78 is 0. The highest BCUT2D eigenvalue weighted by Crippen LogP contribution is 2.41. The van der Waals surface area contributed by atoms with Gasteiger partial charge in [-0.15, -0.1) is 0 Å². The van der Waals surface area contributed by atoms with Gasteiger partial charge in [-0.1, -0.05) is 96.7 Å². The summed E-state index contributed by atoms with van der Waals surface area (Å²) in [6.07, 6.45) is 0.867. The Balaban J connectivity index is 1.43. The van der Waals surface area contributed by atoms with Gasteiger partial charge in [0, 0.05) is 12.2 Å². The van der Waals surface area contributed by atoms with E-state index in [9.17, 15) is 0 Å². The zero-order valence-electron chi connectivity index (χ0n) is 19.5. The van der Waals surface area contributed by atoms with Crippen LogP contribution in [-0.2, 0) is 0 Å². The number of hydrazone groups is 1. The van der Waals surface area contributed by atoms with Crippen LogP contribution < -0.4 is 0 Å². The third kappa shape index (κ3) is 3.82. The Morgan fingerprint density at radius 1 is 0.824 bits per heavy atom. The summed E-state index contributed by atoms with van der Waals surface area (Å²) in [5, 5.41) is 11.0. The van der Waals surface area contributed by atoms with Gasteiger partial charge in [-0.25, -0.2) is 5.01 Å². The van der Waals surface area contributed by atoms with Gasteiger partial charge in [-0.2, -0.15) is 5.10 Å². The average Bonchev–Trinajstić information content (AvgIpc) is 3.54. The van der Waals surface area contributed by atoms with Crippen molar-refractivity contribution in [1.82, 2.24) is 5.01 Å². The van der Waals surface area contributed by atoms with Crippen LogP contribution >= 0.6 is 11.8 Å². The van der Waals surface area contributed by atoms with E-state index < -0.39 is 0 Å². The highest BCUT2D eigenvalue weighted by atomic mass is 32.2. The van der Waals surface area contributed by atoms with E-state index in [1.165, 1.54) is 38.6 Å². The van der Waals surface area contributed by atoms with Crippen LogP contribution in [0.15, 0.2) is 101 Å². The molecule has 0 amide bonds. The van der Waals surface area contributed by atoms with Gasteiger partial charge in [-0.3, -0.25) is 4.99 Å². The number of rotatable bonds is 3. The normalized spacial score (nSPS) is 20.0. The fraction of sp³-hybridized carbons (Fsp3) is 0.200. The van der Waals surface area contributed by atoms with E-state index in [1.807, 2.05) is 11.8 Å². The molecule has 6 rings (SSSR count). The van der Waals surface area contributed by atoms with E-state index in [4.69, 9.17) is 10.1 Å². The molecule has 2 atom stereocenters. The molecule has 168 valence electrons. The summed E-state index contributed by atoms with van der Waals surface area (Å²) in [6, 6.07) is 32.9. The lowest BCUT2D eigenvalue weighted by Crippen LogP contribution is -2.23. The number of hydrogen-bond acceptors (Lipinski definition) is 4. The summed E-state index contributed by atoms with van der Waals surface area (Å²) in [6.45, 7) is 4.34. The van der Waals surface area contributed by atoms with Crippen molar-refractivity contribution in [1.29, 1.82) is 0 Å². The van der Waals surface area contributed by atoms with Crippen molar-refractivity contribution in [2.45, 2.75) is 32.4 Å². The van der Waals surface area contributed by atoms with Gasteiger partial charge in [0.15, 0.2) is 5.17 Å². The van der Waals surface area contributed by atoms with Crippen LogP contribution in [0.5, 0.6) is 0 Å². The molecular formula is C30H27N3S. The lowest BCUT2D eigenvalue weighted by molar-refractivity contribution is 0.378. The standard InChI is InChI=1S/C30H27N3S/c1-20-15-16-24(17-21(20)2)27-18-29(26-14-8-12-22-9-6-7-13-25(22)26)33(32-27)30-31-28(19-34-30)23-10-4-3-5-11-23/h3-17,28-29H,18-19H2,1-2H3. The Bertz CT molecular complexity index is 1420. The molecule has 4 aromatic carbocycles. The molecule has 4 heteroatoms. The zero-order chi connectivity index (χ0) is 23.1. The molecule has 0 aromatic heterocycles. The third-order valence-electron chi connectivity index (χ3n) is 6.95. The largest absolute Gasteiger partial charge is 0.252 e. The van der Waals surface area contributed by atoms with E-state index in [1.54, 1.807) is 0 Å². The number of thioether (sulfide) groups is 1. The van der Waals surface area contributed by atoms with Crippen molar-refractivity contribution in [3.8, 4) is 0 Å². The highest BCUT2D eigenvalue weighted by molar-refractivity contribution is 8.14. The molecule has 0 saturated carbocycles. The predicted octanol–water partition coefficient (Wildman–Crippen LogP) is 7.45. The zero-order valence-corrected chi connectivity index (χ0v) is 20.3. The summed E-state index contributed by atoms with van der Waals surface area (Å²) in [4.78, 5) is 5.15. The number of nitrogens with zero attached hydrogens (tertiary/aromatic N) is 3. The van der Waals surface area contributed by atoms with Gasteiger partial charge in [0.05, 0.1) is 17.8 Å². The first-order chi connectivity index (χ1) is 16.7. The summed E-state index contributed by atoms with van der Waals surface area (Å²) in [5.41, 5.74) is 7.53. The second-order valence-electron chi connectivity index (χ2n) is 9.13. The Morgan fingerprint density at radius 3 is 2.47 bits per heavy atom. The Morgan fingerprint density at radius 2 is 1.62 bits per heavy atom. The summed E-state index contributed by atoms with van der Waals surface area (Å²) >= 11 is 1.82. The lowest BCUT2D eigenvalue weighted by atomic mass is 9.93. The number of benzene rings is 4. The third-order valence-corrected chi connectivity index (χ3v) is 7.98. The maximum atomic E-state index is 5.20. The number of aliphatic imine (C=N–C) groups is 1. The second kappa shape index (κ2) is 8.77. The first kappa shape index (κ1) is 21.2. The Hall–Kier alpha value is -3.37. The first-order valence-corrected chi connectivity index (χ1v) is 12.8. The van der Waals surface area contributed by atoms with Crippen molar-refractivity contribution in [3.05, 3.63) is 119 Å². The van der Waals surface area contributed by atoms with Gasteiger partial charge in [-0.05, 0) is 58.5 Å².